The fourth-order valence-corrected chi connectivity index (χ4v) is 4.45. The number of hydrogen-bond donors (Lipinski definition) is 0. The Morgan fingerprint density at radius 2 is 2.12 bits per heavy atom. The molecule has 4 heterocycles. The van der Waals surface area contributed by atoms with Crippen LogP contribution in [0.4, 0.5) is 0 Å². The molecule has 2 fully saturated rings. The fourth-order valence-electron chi connectivity index (χ4n) is 4.45. The van der Waals surface area contributed by atoms with E-state index in [1.54, 1.807) is 6.20 Å². The van der Waals surface area contributed by atoms with E-state index in [0.717, 1.165) is 62.5 Å². The van der Waals surface area contributed by atoms with Crippen molar-refractivity contribution < 1.29 is 9.32 Å². The summed E-state index contributed by atoms with van der Waals surface area (Å²) in [6.45, 7) is 8.14. The van der Waals surface area contributed by atoms with Gasteiger partial charge in [-0.1, -0.05) is 11.2 Å². The van der Waals surface area contributed by atoms with Gasteiger partial charge in [0.2, 0.25) is 5.91 Å². The van der Waals surface area contributed by atoms with Crippen molar-refractivity contribution in [2.24, 2.45) is 5.41 Å². The van der Waals surface area contributed by atoms with Gasteiger partial charge in [-0.05, 0) is 51.3 Å². The zero-order valence-corrected chi connectivity index (χ0v) is 15.6. The van der Waals surface area contributed by atoms with E-state index >= 15 is 0 Å². The number of hydrogen-bond acceptors (Lipinski definition) is 5. The second-order valence-electron chi connectivity index (χ2n) is 7.74. The number of aromatic nitrogens is 2. The van der Waals surface area contributed by atoms with Gasteiger partial charge in [0.25, 0.3) is 0 Å². The van der Waals surface area contributed by atoms with Crippen LogP contribution in [0.5, 0.6) is 0 Å². The van der Waals surface area contributed by atoms with E-state index in [9.17, 15) is 4.79 Å². The summed E-state index contributed by atoms with van der Waals surface area (Å²) < 4.78 is 5.30. The normalized spacial score (nSPS) is 23.9. The minimum Gasteiger partial charge on any atom is -0.361 e. The summed E-state index contributed by atoms with van der Waals surface area (Å²) >= 11 is 0. The van der Waals surface area contributed by atoms with E-state index < -0.39 is 0 Å². The number of carbonyl (C=O) groups is 1. The zero-order valence-electron chi connectivity index (χ0n) is 15.6. The van der Waals surface area contributed by atoms with Crippen LogP contribution >= 0.6 is 0 Å². The molecule has 138 valence electrons. The summed E-state index contributed by atoms with van der Waals surface area (Å²) in [5.74, 6) is 1.20. The molecule has 2 aliphatic rings. The Morgan fingerprint density at radius 1 is 1.23 bits per heavy atom. The first-order valence-electron chi connectivity index (χ1n) is 9.40. The summed E-state index contributed by atoms with van der Waals surface area (Å²) in [6, 6.07) is 3.97. The number of likely N-dealkylation sites (tertiary alicyclic amines) is 2. The number of amides is 1. The first kappa shape index (κ1) is 17.2. The number of pyridine rings is 1. The van der Waals surface area contributed by atoms with Gasteiger partial charge >= 0.3 is 0 Å². The van der Waals surface area contributed by atoms with Gasteiger partial charge in [0.1, 0.15) is 5.76 Å². The lowest BCUT2D eigenvalue weighted by atomic mass is 9.78. The molecule has 2 aromatic rings. The summed E-state index contributed by atoms with van der Waals surface area (Å²) in [7, 11) is 0. The molecule has 0 aromatic carbocycles. The lowest BCUT2D eigenvalue weighted by Crippen LogP contribution is -2.47. The molecule has 26 heavy (non-hydrogen) atoms. The Morgan fingerprint density at radius 3 is 2.85 bits per heavy atom. The molecule has 2 aromatic heterocycles. The largest absolute Gasteiger partial charge is 0.361 e. The monoisotopic (exact) mass is 354 g/mol. The number of aryl methyl sites for hydroxylation is 2. The van der Waals surface area contributed by atoms with Crippen LogP contribution in [0.1, 0.15) is 41.8 Å². The standard InChI is InChI=1S/C20H26N4O2/c1-15-18(16(2)26-22-15)13-23-9-4-6-20(14-23)7-10-24(19(20)25)12-17-5-3-8-21-11-17/h3,5,8,11H,4,6-7,9-10,12-14H2,1-2H3/t20-/m0/s1. The highest BCUT2D eigenvalue weighted by atomic mass is 16.5. The van der Waals surface area contributed by atoms with Crippen LogP contribution in [0, 0.1) is 19.3 Å². The first-order valence-corrected chi connectivity index (χ1v) is 9.40. The van der Waals surface area contributed by atoms with E-state index in [0.29, 0.717) is 12.5 Å². The molecular formula is C20H26N4O2. The summed E-state index contributed by atoms with van der Waals surface area (Å²) in [4.78, 5) is 21.8. The highest BCUT2D eigenvalue weighted by Crippen LogP contribution is 2.41. The molecule has 6 nitrogen and oxygen atoms in total. The van der Waals surface area contributed by atoms with Crippen molar-refractivity contribution >= 4 is 5.91 Å². The third kappa shape index (κ3) is 3.14. The molecule has 4 rings (SSSR count). The quantitative estimate of drug-likeness (QED) is 0.845. The number of rotatable bonds is 4. The Kier molecular flexibility index (Phi) is 4.53. The maximum absolute atomic E-state index is 13.2. The van der Waals surface area contributed by atoms with Gasteiger partial charge in [-0.15, -0.1) is 0 Å². The van der Waals surface area contributed by atoms with Crippen LogP contribution in [-0.4, -0.2) is 45.5 Å². The van der Waals surface area contributed by atoms with Crippen molar-refractivity contribution in [1.29, 1.82) is 0 Å². The second kappa shape index (κ2) is 6.83. The Balaban J connectivity index is 1.45. The summed E-state index contributed by atoms with van der Waals surface area (Å²) in [6.07, 6.45) is 6.63. The lowest BCUT2D eigenvalue weighted by Gasteiger charge is -2.39. The van der Waals surface area contributed by atoms with Crippen LogP contribution in [-0.2, 0) is 17.9 Å². The highest BCUT2D eigenvalue weighted by Gasteiger charge is 2.48. The predicted molar refractivity (Wildman–Crippen MR) is 97.2 cm³/mol. The first-order chi connectivity index (χ1) is 12.6. The maximum atomic E-state index is 13.2. The topological polar surface area (TPSA) is 62.5 Å². The molecule has 0 N–H and O–H groups in total. The molecule has 0 bridgehead atoms. The van der Waals surface area contributed by atoms with Crippen LogP contribution in [0.2, 0.25) is 0 Å². The summed E-state index contributed by atoms with van der Waals surface area (Å²) in [5, 5.41) is 4.06. The molecule has 6 heteroatoms. The third-order valence-corrected chi connectivity index (χ3v) is 5.92. The smallest absolute Gasteiger partial charge is 0.230 e. The van der Waals surface area contributed by atoms with Crippen molar-refractivity contribution in [3.8, 4) is 0 Å². The van der Waals surface area contributed by atoms with Crippen molar-refractivity contribution in [1.82, 2.24) is 19.9 Å². The van der Waals surface area contributed by atoms with E-state index in [4.69, 9.17) is 4.52 Å². The average molecular weight is 354 g/mol. The van der Waals surface area contributed by atoms with E-state index in [1.165, 1.54) is 5.56 Å². The molecule has 2 saturated heterocycles. The second-order valence-corrected chi connectivity index (χ2v) is 7.74. The minimum absolute atomic E-state index is 0.223. The van der Waals surface area contributed by atoms with Gasteiger partial charge in [-0.2, -0.15) is 0 Å². The van der Waals surface area contributed by atoms with Gasteiger partial charge < -0.3 is 9.42 Å². The number of piperidine rings is 1. The van der Waals surface area contributed by atoms with Crippen molar-refractivity contribution in [2.45, 2.75) is 46.2 Å². The van der Waals surface area contributed by atoms with E-state index in [1.807, 2.05) is 37.1 Å². The van der Waals surface area contributed by atoms with Gasteiger partial charge in [-0.3, -0.25) is 14.7 Å². The van der Waals surface area contributed by atoms with Gasteiger partial charge in [0.15, 0.2) is 0 Å². The van der Waals surface area contributed by atoms with Crippen LogP contribution in [0.15, 0.2) is 29.0 Å². The van der Waals surface area contributed by atoms with Crippen molar-refractivity contribution in [3.63, 3.8) is 0 Å². The SMILES string of the molecule is Cc1noc(C)c1CN1CCC[C@]2(CCN(Cc3cccnc3)C2=O)C1. The van der Waals surface area contributed by atoms with E-state index in [2.05, 4.69) is 15.0 Å². The molecule has 0 radical (unpaired) electrons. The molecule has 1 atom stereocenters. The highest BCUT2D eigenvalue weighted by molar-refractivity contribution is 5.85. The number of nitrogens with zero attached hydrogens (tertiary/aromatic N) is 4. The average Bonchev–Trinajstić information content (AvgIpc) is 3.12. The van der Waals surface area contributed by atoms with Crippen LogP contribution in [0.25, 0.3) is 0 Å². The maximum Gasteiger partial charge on any atom is 0.230 e. The molecule has 0 aliphatic carbocycles. The number of carbonyl (C=O) groups excluding carboxylic acids is 1. The fraction of sp³-hybridized carbons (Fsp3) is 0.550. The van der Waals surface area contributed by atoms with Gasteiger partial charge in [0.05, 0.1) is 11.1 Å². The van der Waals surface area contributed by atoms with Crippen molar-refractivity contribution in [3.05, 3.63) is 47.1 Å². The zero-order chi connectivity index (χ0) is 18.1. The molecule has 0 unspecified atom stereocenters. The molecule has 1 amide bonds. The Labute approximate surface area is 154 Å². The Bertz CT molecular complexity index is 769. The van der Waals surface area contributed by atoms with Crippen LogP contribution in [0.3, 0.4) is 0 Å². The summed E-state index contributed by atoms with van der Waals surface area (Å²) in [5.41, 5.74) is 3.00. The molecule has 2 aliphatic heterocycles. The van der Waals surface area contributed by atoms with Crippen LogP contribution < -0.4 is 0 Å². The molecular weight excluding hydrogens is 328 g/mol. The third-order valence-electron chi connectivity index (χ3n) is 5.92. The van der Waals surface area contributed by atoms with Gasteiger partial charge in [-0.25, -0.2) is 0 Å². The Hall–Kier alpha value is -2.21. The molecule has 0 saturated carbocycles. The van der Waals surface area contributed by atoms with E-state index in [-0.39, 0.29) is 5.41 Å². The minimum atomic E-state index is -0.223. The molecule has 1 spiro atoms. The van der Waals surface area contributed by atoms with Gasteiger partial charge in [0, 0.05) is 44.1 Å². The van der Waals surface area contributed by atoms with Crippen molar-refractivity contribution in [2.75, 3.05) is 19.6 Å². The lowest BCUT2D eigenvalue weighted by molar-refractivity contribution is -0.139. The predicted octanol–water partition coefficient (Wildman–Crippen LogP) is 2.70.